The summed E-state index contributed by atoms with van der Waals surface area (Å²) in [5.41, 5.74) is 1.16. The fraction of sp³-hybridized carbons (Fsp3) is 0.786. The molecule has 0 spiro atoms. The van der Waals surface area contributed by atoms with Crippen molar-refractivity contribution >= 4 is 0 Å². The molecule has 0 heterocycles. The third kappa shape index (κ3) is 8.63. The van der Waals surface area contributed by atoms with Gasteiger partial charge in [-0.05, 0) is 79.9 Å². The number of unbranched alkanes of at least 4 members (excludes halogenated alkanes) is 6. The van der Waals surface area contributed by atoms with E-state index in [4.69, 9.17) is 0 Å². The normalized spacial score (nSPS) is 26.8. The van der Waals surface area contributed by atoms with Crippen LogP contribution in [-0.2, 0) is 0 Å². The molecule has 32 heavy (non-hydrogen) atoms. The van der Waals surface area contributed by atoms with Crippen LogP contribution in [0.3, 0.4) is 0 Å². The highest BCUT2D eigenvalue weighted by Crippen LogP contribution is 2.44. The predicted octanol–water partition coefficient (Wildman–Crippen LogP) is 9.81. The molecule has 0 unspecified atom stereocenters. The van der Waals surface area contributed by atoms with Gasteiger partial charge in [0.1, 0.15) is 5.75 Å². The molecule has 2 saturated carbocycles. The van der Waals surface area contributed by atoms with Gasteiger partial charge in [0.2, 0.25) is 0 Å². The maximum Gasteiger partial charge on any atom is 0.573 e. The van der Waals surface area contributed by atoms with Crippen LogP contribution in [0, 0.1) is 17.8 Å². The fourth-order valence-corrected chi connectivity index (χ4v) is 6.20. The summed E-state index contributed by atoms with van der Waals surface area (Å²) in [4.78, 5) is 0. The van der Waals surface area contributed by atoms with Crippen molar-refractivity contribution in [1.29, 1.82) is 0 Å². The highest BCUT2D eigenvalue weighted by molar-refractivity contribution is 5.29. The summed E-state index contributed by atoms with van der Waals surface area (Å²) in [5.74, 6) is 3.10. The summed E-state index contributed by atoms with van der Waals surface area (Å²) in [7, 11) is 0. The molecule has 0 bridgehead atoms. The smallest absolute Gasteiger partial charge is 0.406 e. The maximum atomic E-state index is 12.3. The van der Waals surface area contributed by atoms with Crippen molar-refractivity contribution in [1.82, 2.24) is 0 Å². The zero-order valence-corrected chi connectivity index (χ0v) is 20.0. The quantitative estimate of drug-likeness (QED) is 0.304. The largest absolute Gasteiger partial charge is 0.573 e. The summed E-state index contributed by atoms with van der Waals surface area (Å²) >= 11 is 0. The van der Waals surface area contributed by atoms with Gasteiger partial charge >= 0.3 is 6.36 Å². The van der Waals surface area contributed by atoms with Gasteiger partial charge in [0.05, 0.1) is 0 Å². The molecule has 1 aromatic carbocycles. The number of rotatable bonds is 11. The first-order chi connectivity index (χ1) is 15.4. The minimum Gasteiger partial charge on any atom is -0.406 e. The van der Waals surface area contributed by atoms with Gasteiger partial charge in [0.15, 0.2) is 0 Å². The van der Waals surface area contributed by atoms with Crippen LogP contribution in [-0.4, -0.2) is 6.36 Å². The van der Waals surface area contributed by atoms with Crippen molar-refractivity contribution < 1.29 is 17.9 Å². The van der Waals surface area contributed by atoms with E-state index >= 15 is 0 Å². The van der Waals surface area contributed by atoms with Crippen molar-refractivity contribution in [3.63, 3.8) is 0 Å². The topological polar surface area (TPSA) is 9.23 Å². The molecule has 0 aliphatic heterocycles. The minimum atomic E-state index is -4.62. The van der Waals surface area contributed by atoms with E-state index in [0.717, 1.165) is 23.3 Å². The van der Waals surface area contributed by atoms with Gasteiger partial charge in [-0.15, -0.1) is 13.2 Å². The van der Waals surface area contributed by atoms with Crippen molar-refractivity contribution in [2.75, 3.05) is 0 Å². The second-order valence-electron chi connectivity index (χ2n) is 10.4. The van der Waals surface area contributed by atoms with Gasteiger partial charge in [-0.2, -0.15) is 0 Å². The van der Waals surface area contributed by atoms with Gasteiger partial charge in [0.25, 0.3) is 0 Å². The van der Waals surface area contributed by atoms with E-state index in [0.29, 0.717) is 5.92 Å². The predicted molar refractivity (Wildman–Crippen MR) is 126 cm³/mol. The molecule has 0 N–H and O–H groups in total. The summed E-state index contributed by atoms with van der Waals surface area (Å²) in [6, 6.07) is 6.56. The minimum absolute atomic E-state index is 0.122. The first kappa shape index (κ1) is 25.4. The van der Waals surface area contributed by atoms with E-state index in [2.05, 4.69) is 11.7 Å². The summed E-state index contributed by atoms with van der Waals surface area (Å²) in [5, 5.41) is 0. The zero-order chi connectivity index (χ0) is 22.8. The maximum absolute atomic E-state index is 12.3. The van der Waals surface area contributed by atoms with E-state index in [9.17, 15) is 13.2 Å². The standard InChI is InChI=1S/C28H43F3O/c1-2-3-4-5-6-7-8-9-22-10-12-23(13-11-22)24-14-16-25(17-15-24)26-18-20-27(21-19-26)32-28(29,30)31/h18-25H,2-17H2,1H3. The van der Waals surface area contributed by atoms with Gasteiger partial charge in [-0.3, -0.25) is 0 Å². The Hall–Kier alpha value is -1.19. The Balaban J connectivity index is 1.31. The molecule has 2 aliphatic rings. The second kappa shape index (κ2) is 12.9. The number of halogens is 3. The van der Waals surface area contributed by atoms with E-state index in [1.807, 2.05) is 12.1 Å². The highest BCUT2D eigenvalue weighted by atomic mass is 19.4. The molecule has 2 aliphatic carbocycles. The van der Waals surface area contributed by atoms with Crippen molar-refractivity contribution in [2.45, 2.75) is 122 Å². The van der Waals surface area contributed by atoms with Crippen LogP contribution in [0.5, 0.6) is 5.75 Å². The molecular weight excluding hydrogens is 409 g/mol. The van der Waals surface area contributed by atoms with E-state index < -0.39 is 6.36 Å². The Morgan fingerprint density at radius 3 is 1.81 bits per heavy atom. The molecule has 1 aromatic rings. The SMILES string of the molecule is CCCCCCCCCC1CCC(C2CCC(c3ccc(OC(F)(F)F)cc3)CC2)CC1. The third-order valence-corrected chi connectivity index (χ3v) is 8.13. The van der Waals surface area contributed by atoms with E-state index in [1.165, 1.54) is 115 Å². The van der Waals surface area contributed by atoms with Crippen molar-refractivity contribution in [3.05, 3.63) is 29.8 Å². The molecule has 3 rings (SSSR count). The Morgan fingerprint density at radius 1 is 0.719 bits per heavy atom. The Bertz CT molecular complexity index is 623. The molecule has 0 amide bonds. The number of benzene rings is 1. The number of ether oxygens (including phenoxy) is 1. The van der Waals surface area contributed by atoms with Crippen molar-refractivity contribution in [2.24, 2.45) is 17.8 Å². The average Bonchev–Trinajstić information content (AvgIpc) is 2.79. The highest BCUT2D eigenvalue weighted by Gasteiger charge is 2.32. The molecule has 4 heteroatoms. The van der Waals surface area contributed by atoms with Crippen LogP contribution in [0.15, 0.2) is 24.3 Å². The summed E-state index contributed by atoms with van der Waals surface area (Å²) < 4.78 is 41.0. The van der Waals surface area contributed by atoms with Crippen LogP contribution >= 0.6 is 0 Å². The second-order valence-corrected chi connectivity index (χ2v) is 10.4. The Kier molecular flexibility index (Phi) is 10.2. The van der Waals surface area contributed by atoms with Crippen LogP contribution < -0.4 is 4.74 Å². The molecule has 0 radical (unpaired) electrons. The summed E-state index contributed by atoms with van der Waals surface area (Å²) in [6.07, 6.45) is 17.3. The van der Waals surface area contributed by atoms with Crippen LogP contribution in [0.2, 0.25) is 0 Å². The summed E-state index contributed by atoms with van der Waals surface area (Å²) in [6.45, 7) is 2.28. The van der Waals surface area contributed by atoms with Crippen LogP contribution in [0.1, 0.15) is 121 Å². The molecule has 2 fully saturated rings. The number of hydrogen-bond acceptors (Lipinski definition) is 1. The van der Waals surface area contributed by atoms with E-state index in [-0.39, 0.29) is 5.75 Å². The first-order valence-electron chi connectivity index (χ1n) is 13.3. The molecule has 0 atom stereocenters. The lowest BCUT2D eigenvalue weighted by atomic mass is 9.68. The van der Waals surface area contributed by atoms with Crippen LogP contribution in [0.4, 0.5) is 13.2 Å². The van der Waals surface area contributed by atoms with Gasteiger partial charge in [-0.25, -0.2) is 0 Å². The van der Waals surface area contributed by atoms with Crippen LogP contribution in [0.25, 0.3) is 0 Å². The lowest BCUT2D eigenvalue weighted by molar-refractivity contribution is -0.274. The molecule has 182 valence electrons. The number of alkyl halides is 3. The lowest BCUT2D eigenvalue weighted by Gasteiger charge is -2.38. The molecular formula is C28H43F3O. The Labute approximate surface area is 193 Å². The van der Waals surface area contributed by atoms with Gasteiger partial charge < -0.3 is 4.74 Å². The van der Waals surface area contributed by atoms with Crippen molar-refractivity contribution in [3.8, 4) is 5.75 Å². The number of hydrogen-bond donors (Lipinski definition) is 0. The first-order valence-corrected chi connectivity index (χ1v) is 13.3. The monoisotopic (exact) mass is 452 g/mol. The molecule has 0 aromatic heterocycles. The molecule has 1 nitrogen and oxygen atoms in total. The van der Waals surface area contributed by atoms with Gasteiger partial charge in [0, 0.05) is 0 Å². The zero-order valence-electron chi connectivity index (χ0n) is 20.0. The van der Waals surface area contributed by atoms with E-state index in [1.54, 1.807) is 0 Å². The fourth-order valence-electron chi connectivity index (χ4n) is 6.20. The Morgan fingerprint density at radius 2 is 1.25 bits per heavy atom. The van der Waals surface area contributed by atoms with Gasteiger partial charge in [-0.1, -0.05) is 83.3 Å². The third-order valence-electron chi connectivity index (χ3n) is 8.13. The average molecular weight is 453 g/mol. The molecule has 0 saturated heterocycles. The lowest BCUT2D eigenvalue weighted by Crippen LogP contribution is -2.25.